The molecule has 1 aliphatic carbocycles. The summed E-state index contributed by atoms with van der Waals surface area (Å²) in [4.78, 5) is 2.49. The lowest BCUT2D eigenvalue weighted by Crippen LogP contribution is -2.41. The molecular weight excluding hydrogens is 206 g/mol. The van der Waals surface area contributed by atoms with E-state index in [9.17, 15) is 0 Å². The molecule has 0 aliphatic heterocycles. The van der Waals surface area contributed by atoms with E-state index in [0.29, 0.717) is 11.4 Å². The SMILES string of the molecule is CC(C)CCCN(C)C1CCCCC1Cl. The lowest BCUT2D eigenvalue weighted by Gasteiger charge is -2.35. The summed E-state index contributed by atoms with van der Waals surface area (Å²) in [6.07, 6.45) is 7.85. The molecule has 0 spiro atoms. The highest BCUT2D eigenvalue weighted by Gasteiger charge is 2.26. The Kier molecular flexibility index (Phi) is 5.99. The van der Waals surface area contributed by atoms with Crippen LogP contribution < -0.4 is 0 Å². The topological polar surface area (TPSA) is 3.24 Å². The average Bonchev–Trinajstić information content (AvgIpc) is 2.17. The second-order valence-corrected chi connectivity index (χ2v) is 5.95. The number of rotatable bonds is 5. The summed E-state index contributed by atoms with van der Waals surface area (Å²) in [5.41, 5.74) is 0. The van der Waals surface area contributed by atoms with Crippen LogP contribution in [0, 0.1) is 5.92 Å². The smallest absolute Gasteiger partial charge is 0.0491 e. The summed E-state index contributed by atoms with van der Waals surface area (Å²) in [7, 11) is 2.24. The number of hydrogen-bond donors (Lipinski definition) is 0. The average molecular weight is 232 g/mol. The lowest BCUT2D eigenvalue weighted by molar-refractivity contribution is 0.190. The largest absolute Gasteiger partial charge is 0.302 e. The highest BCUT2D eigenvalue weighted by atomic mass is 35.5. The van der Waals surface area contributed by atoms with Crippen LogP contribution in [-0.2, 0) is 0 Å². The van der Waals surface area contributed by atoms with Crippen molar-refractivity contribution in [3.8, 4) is 0 Å². The Morgan fingerprint density at radius 3 is 2.53 bits per heavy atom. The Balaban J connectivity index is 2.22. The molecule has 0 heterocycles. The molecule has 0 aromatic carbocycles. The minimum atomic E-state index is 0.391. The summed E-state index contributed by atoms with van der Waals surface area (Å²) in [6.45, 7) is 5.81. The molecule has 0 amide bonds. The maximum absolute atomic E-state index is 6.38. The van der Waals surface area contributed by atoms with Crippen molar-refractivity contribution in [2.45, 2.75) is 63.8 Å². The Morgan fingerprint density at radius 2 is 1.93 bits per heavy atom. The molecule has 0 aromatic rings. The van der Waals surface area contributed by atoms with Crippen LogP contribution in [0.25, 0.3) is 0 Å². The first kappa shape index (κ1) is 13.3. The fourth-order valence-corrected chi connectivity index (χ4v) is 2.95. The normalized spacial score (nSPS) is 27.6. The minimum Gasteiger partial charge on any atom is -0.302 e. The van der Waals surface area contributed by atoms with Crippen molar-refractivity contribution < 1.29 is 0 Å². The van der Waals surface area contributed by atoms with Crippen molar-refractivity contribution in [3.63, 3.8) is 0 Å². The van der Waals surface area contributed by atoms with Crippen molar-refractivity contribution in [1.82, 2.24) is 4.90 Å². The standard InChI is InChI=1S/C13H26ClN/c1-11(2)7-6-10-15(3)13-9-5-4-8-12(13)14/h11-13H,4-10H2,1-3H3. The number of nitrogens with zero attached hydrogens (tertiary/aromatic N) is 1. The van der Waals surface area contributed by atoms with Crippen LogP contribution in [0.2, 0.25) is 0 Å². The Labute approximate surface area is 100 Å². The van der Waals surface area contributed by atoms with Gasteiger partial charge in [0, 0.05) is 11.4 Å². The second-order valence-electron chi connectivity index (χ2n) is 5.38. The zero-order valence-electron chi connectivity index (χ0n) is 10.5. The predicted octanol–water partition coefficient (Wildman–Crippen LogP) is 3.90. The number of hydrogen-bond acceptors (Lipinski definition) is 1. The maximum atomic E-state index is 6.38. The van der Waals surface area contributed by atoms with Gasteiger partial charge in [-0.1, -0.05) is 26.7 Å². The van der Waals surface area contributed by atoms with E-state index in [-0.39, 0.29) is 0 Å². The highest BCUT2D eigenvalue weighted by molar-refractivity contribution is 6.21. The molecule has 1 fully saturated rings. The molecular formula is C13H26ClN. The molecule has 1 aliphatic rings. The van der Waals surface area contributed by atoms with E-state index in [0.717, 1.165) is 5.92 Å². The molecule has 2 heteroatoms. The molecule has 0 bridgehead atoms. The quantitative estimate of drug-likeness (QED) is 0.649. The van der Waals surface area contributed by atoms with Crippen LogP contribution in [0.3, 0.4) is 0 Å². The Hall–Kier alpha value is 0.250. The van der Waals surface area contributed by atoms with Crippen LogP contribution in [0.15, 0.2) is 0 Å². The van der Waals surface area contributed by atoms with Crippen molar-refractivity contribution in [3.05, 3.63) is 0 Å². The molecule has 0 aromatic heterocycles. The van der Waals surface area contributed by atoms with Gasteiger partial charge in [0.2, 0.25) is 0 Å². The highest BCUT2D eigenvalue weighted by Crippen LogP contribution is 2.26. The van der Waals surface area contributed by atoms with E-state index in [1.807, 2.05) is 0 Å². The van der Waals surface area contributed by atoms with Gasteiger partial charge in [0.25, 0.3) is 0 Å². The van der Waals surface area contributed by atoms with Gasteiger partial charge in [-0.15, -0.1) is 11.6 Å². The molecule has 90 valence electrons. The van der Waals surface area contributed by atoms with Gasteiger partial charge in [0.05, 0.1) is 0 Å². The molecule has 2 atom stereocenters. The van der Waals surface area contributed by atoms with Crippen molar-refractivity contribution in [2.24, 2.45) is 5.92 Å². The first-order chi connectivity index (χ1) is 7.11. The molecule has 1 saturated carbocycles. The van der Waals surface area contributed by atoms with Gasteiger partial charge in [0.15, 0.2) is 0 Å². The molecule has 0 radical (unpaired) electrons. The number of alkyl halides is 1. The Bertz CT molecular complexity index is 170. The third-order valence-corrected chi connectivity index (χ3v) is 4.01. The monoisotopic (exact) mass is 231 g/mol. The fraction of sp³-hybridized carbons (Fsp3) is 1.00. The zero-order chi connectivity index (χ0) is 11.3. The van der Waals surface area contributed by atoms with Gasteiger partial charge in [-0.25, -0.2) is 0 Å². The summed E-state index contributed by atoms with van der Waals surface area (Å²) in [6, 6.07) is 0.632. The summed E-state index contributed by atoms with van der Waals surface area (Å²) in [5, 5.41) is 0.391. The van der Waals surface area contributed by atoms with Crippen LogP contribution in [0.1, 0.15) is 52.4 Å². The molecule has 2 unspecified atom stereocenters. The van der Waals surface area contributed by atoms with E-state index in [2.05, 4.69) is 25.8 Å². The van der Waals surface area contributed by atoms with E-state index in [1.165, 1.54) is 45.1 Å². The van der Waals surface area contributed by atoms with Gasteiger partial charge < -0.3 is 4.90 Å². The van der Waals surface area contributed by atoms with E-state index >= 15 is 0 Å². The zero-order valence-corrected chi connectivity index (χ0v) is 11.3. The molecule has 0 saturated heterocycles. The van der Waals surface area contributed by atoms with E-state index in [4.69, 9.17) is 11.6 Å². The van der Waals surface area contributed by atoms with Crippen LogP contribution >= 0.6 is 11.6 Å². The number of halogens is 1. The van der Waals surface area contributed by atoms with Crippen LogP contribution in [0.5, 0.6) is 0 Å². The fourth-order valence-electron chi connectivity index (χ4n) is 2.48. The van der Waals surface area contributed by atoms with Gasteiger partial charge in [0.1, 0.15) is 0 Å². The first-order valence-corrected chi connectivity index (χ1v) is 6.89. The second kappa shape index (κ2) is 6.75. The van der Waals surface area contributed by atoms with Crippen molar-refractivity contribution >= 4 is 11.6 Å². The van der Waals surface area contributed by atoms with E-state index < -0.39 is 0 Å². The van der Waals surface area contributed by atoms with Crippen LogP contribution in [-0.4, -0.2) is 29.9 Å². The minimum absolute atomic E-state index is 0.391. The van der Waals surface area contributed by atoms with Gasteiger partial charge >= 0.3 is 0 Å². The Morgan fingerprint density at radius 1 is 1.27 bits per heavy atom. The van der Waals surface area contributed by atoms with Gasteiger partial charge in [-0.2, -0.15) is 0 Å². The summed E-state index contributed by atoms with van der Waals surface area (Å²) in [5.74, 6) is 0.830. The lowest BCUT2D eigenvalue weighted by atomic mass is 9.93. The predicted molar refractivity (Wildman–Crippen MR) is 68.6 cm³/mol. The van der Waals surface area contributed by atoms with Crippen molar-refractivity contribution in [2.75, 3.05) is 13.6 Å². The summed E-state index contributed by atoms with van der Waals surface area (Å²) >= 11 is 6.38. The van der Waals surface area contributed by atoms with E-state index in [1.54, 1.807) is 0 Å². The third kappa shape index (κ3) is 4.74. The van der Waals surface area contributed by atoms with Gasteiger partial charge in [-0.3, -0.25) is 0 Å². The molecule has 1 rings (SSSR count). The molecule has 0 N–H and O–H groups in total. The molecule has 1 nitrogen and oxygen atoms in total. The van der Waals surface area contributed by atoms with Crippen molar-refractivity contribution in [1.29, 1.82) is 0 Å². The maximum Gasteiger partial charge on any atom is 0.0491 e. The third-order valence-electron chi connectivity index (χ3n) is 3.51. The summed E-state index contributed by atoms with van der Waals surface area (Å²) < 4.78 is 0. The molecule has 15 heavy (non-hydrogen) atoms. The van der Waals surface area contributed by atoms with Crippen LogP contribution in [0.4, 0.5) is 0 Å². The van der Waals surface area contributed by atoms with Gasteiger partial charge in [-0.05, 0) is 45.2 Å². The first-order valence-electron chi connectivity index (χ1n) is 6.45.